The summed E-state index contributed by atoms with van der Waals surface area (Å²) in [7, 11) is 0. The van der Waals surface area contributed by atoms with Crippen molar-refractivity contribution in [1.82, 2.24) is 10.2 Å². The molecule has 4 N–H and O–H groups in total. The molecule has 19 heavy (non-hydrogen) atoms. The summed E-state index contributed by atoms with van der Waals surface area (Å²) in [4.78, 5) is 23.8. The Morgan fingerprint density at radius 3 is 2.79 bits per heavy atom. The minimum atomic E-state index is -1.51. The van der Waals surface area contributed by atoms with Crippen LogP contribution in [-0.4, -0.2) is 76.8 Å². The molecule has 1 fully saturated rings. The molecule has 1 aliphatic rings. The number of amides is 2. The highest BCUT2D eigenvalue weighted by atomic mass is 16.5. The summed E-state index contributed by atoms with van der Waals surface area (Å²) in [6.45, 7) is 1.94. The lowest BCUT2D eigenvalue weighted by Gasteiger charge is -2.35. The van der Waals surface area contributed by atoms with E-state index in [4.69, 9.17) is 14.9 Å². The average Bonchev–Trinajstić information content (AvgIpc) is 2.34. The lowest BCUT2D eigenvalue weighted by Crippen LogP contribution is -2.55. The topological polar surface area (TPSA) is 119 Å². The number of carbonyl (C=O) groups excluding carboxylic acids is 1. The second-order valence-electron chi connectivity index (χ2n) is 4.83. The van der Waals surface area contributed by atoms with Crippen LogP contribution in [0.3, 0.4) is 0 Å². The summed E-state index contributed by atoms with van der Waals surface area (Å²) < 4.78 is 5.14. The van der Waals surface area contributed by atoms with E-state index in [9.17, 15) is 14.7 Å². The van der Waals surface area contributed by atoms with Gasteiger partial charge < -0.3 is 30.3 Å². The van der Waals surface area contributed by atoms with E-state index in [0.29, 0.717) is 13.2 Å². The highest BCUT2D eigenvalue weighted by Gasteiger charge is 2.29. The third-order valence-electron chi connectivity index (χ3n) is 2.85. The van der Waals surface area contributed by atoms with Crippen LogP contribution in [0, 0.1) is 0 Å². The summed E-state index contributed by atoms with van der Waals surface area (Å²) in [6, 6.07) is -0.869. The summed E-state index contributed by atoms with van der Waals surface area (Å²) in [5.41, 5.74) is -1.51. The number of carboxylic acid groups (broad SMARTS) is 1. The number of rotatable bonds is 5. The van der Waals surface area contributed by atoms with Gasteiger partial charge in [-0.1, -0.05) is 0 Å². The monoisotopic (exact) mass is 276 g/mol. The molecule has 0 saturated carbocycles. The predicted octanol–water partition coefficient (Wildman–Crippen LogP) is -1.39. The first kappa shape index (κ1) is 15.7. The Bertz CT molecular complexity index is 333. The van der Waals surface area contributed by atoms with Gasteiger partial charge in [-0.2, -0.15) is 0 Å². The third-order valence-corrected chi connectivity index (χ3v) is 2.85. The van der Waals surface area contributed by atoms with Gasteiger partial charge in [0, 0.05) is 13.1 Å². The van der Waals surface area contributed by atoms with Crippen LogP contribution in [0.15, 0.2) is 0 Å². The first-order valence-corrected chi connectivity index (χ1v) is 6.03. The van der Waals surface area contributed by atoms with Crippen molar-refractivity contribution >= 4 is 12.0 Å². The number of aliphatic hydroxyl groups is 2. The van der Waals surface area contributed by atoms with Crippen LogP contribution in [-0.2, 0) is 9.53 Å². The molecule has 110 valence electrons. The van der Waals surface area contributed by atoms with Crippen molar-refractivity contribution in [2.75, 3.05) is 32.9 Å². The van der Waals surface area contributed by atoms with E-state index in [2.05, 4.69) is 5.32 Å². The molecule has 0 aliphatic carbocycles. The number of carboxylic acids is 1. The van der Waals surface area contributed by atoms with Crippen molar-refractivity contribution in [3.05, 3.63) is 0 Å². The molecule has 1 rings (SSSR count). The van der Waals surface area contributed by atoms with Gasteiger partial charge in [0.05, 0.1) is 37.9 Å². The van der Waals surface area contributed by atoms with Crippen molar-refractivity contribution in [2.45, 2.75) is 25.0 Å². The second-order valence-corrected chi connectivity index (χ2v) is 4.83. The number of hydrogen-bond donors (Lipinski definition) is 4. The molecular weight excluding hydrogens is 256 g/mol. The molecule has 1 aliphatic heterocycles. The fourth-order valence-corrected chi connectivity index (χ4v) is 1.83. The quantitative estimate of drug-likeness (QED) is 0.491. The largest absolute Gasteiger partial charge is 0.481 e. The number of urea groups is 1. The third kappa shape index (κ3) is 5.01. The minimum Gasteiger partial charge on any atom is -0.481 e. The molecule has 2 unspecified atom stereocenters. The zero-order chi connectivity index (χ0) is 14.5. The summed E-state index contributed by atoms with van der Waals surface area (Å²) in [5, 5.41) is 30.0. The number of hydrogen-bond acceptors (Lipinski definition) is 5. The molecule has 0 bridgehead atoms. The molecule has 8 heteroatoms. The SMILES string of the molecule is CC(O)(CNC(=O)N1CCOCC1CO)CC(=O)O. The van der Waals surface area contributed by atoms with Crippen molar-refractivity contribution in [2.24, 2.45) is 0 Å². The first-order valence-electron chi connectivity index (χ1n) is 6.03. The molecule has 8 nitrogen and oxygen atoms in total. The molecule has 0 aromatic carbocycles. The van der Waals surface area contributed by atoms with Gasteiger partial charge in [0.15, 0.2) is 0 Å². The van der Waals surface area contributed by atoms with E-state index in [1.165, 1.54) is 11.8 Å². The Morgan fingerprint density at radius 2 is 2.21 bits per heavy atom. The molecule has 2 amide bonds. The van der Waals surface area contributed by atoms with Crippen LogP contribution in [0.25, 0.3) is 0 Å². The number of nitrogens with one attached hydrogen (secondary N) is 1. The van der Waals surface area contributed by atoms with E-state index in [-0.39, 0.29) is 19.8 Å². The zero-order valence-electron chi connectivity index (χ0n) is 10.8. The minimum absolute atomic E-state index is 0.173. The van der Waals surface area contributed by atoms with E-state index in [1.807, 2.05) is 0 Å². The van der Waals surface area contributed by atoms with Crippen molar-refractivity contribution in [3.8, 4) is 0 Å². The van der Waals surface area contributed by atoms with Gasteiger partial charge in [-0.25, -0.2) is 4.79 Å². The standard InChI is InChI=1S/C11H20N2O6/c1-11(18,4-9(15)16)7-12-10(17)13-2-3-19-6-8(13)5-14/h8,14,18H,2-7H2,1H3,(H,12,17)(H,15,16). The van der Waals surface area contributed by atoms with E-state index >= 15 is 0 Å². The van der Waals surface area contributed by atoms with Crippen LogP contribution >= 0.6 is 0 Å². The maximum atomic E-state index is 11.9. The summed E-state index contributed by atoms with van der Waals surface area (Å²) in [6.07, 6.45) is -0.459. The number of morpholine rings is 1. The Kier molecular flexibility index (Phi) is 5.52. The summed E-state index contributed by atoms with van der Waals surface area (Å²) in [5.74, 6) is -1.14. The molecule has 0 aromatic rings. The number of aliphatic carboxylic acids is 1. The molecule has 0 spiro atoms. The molecule has 2 atom stereocenters. The second kappa shape index (κ2) is 6.69. The highest BCUT2D eigenvalue weighted by Crippen LogP contribution is 2.10. The smallest absolute Gasteiger partial charge is 0.317 e. The van der Waals surface area contributed by atoms with Crippen LogP contribution in [0.2, 0.25) is 0 Å². The Morgan fingerprint density at radius 1 is 1.53 bits per heavy atom. The molecular formula is C11H20N2O6. The van der Waals surface area contributed by atoms with Crippen molar-refractivity contribution in [1.29, 1.82) is 0 Å². The normalized spacial score (nSPS) is 22.7. The zero-order valence-corrected chi connectivity index (χ0v) is 10.8. The number of ether oxygens (including phenoxy) is 1. The average molecular weight is 276 g/mol. The molecule has 1 heterocycles. The number of nitrogens with zero attached hydrogens (tertiary/aromatic N) is 1. The number of aliphatic hydroxyl groups excluding tert-OH is 1. The lowest BCUT2D eigenvalue weighted by molar-refractivity contribution is -0.141. The van der Waals surface area contributed by atoms with Crippen molar-refractivity contribution < 1.29 is 29.6 Å². The lowest BCUT2D eigenvalue weighted by atomic mass is 10.0. The Hall–Kier alpha value is -1.38. The maximum Gasteiger partial charge on any atom is 0.317 e. The van der Waals surface area contributed by atoms with E-state index < -0.39 is 30.1 Å². The van der Waals surface area contributed by atoms with Crippen LogP contribution in [0.1, 0.15) is 13.3 Å². The van der Waals surface area contributed by atoms with Crippen LogP contribution in [0.5, 0.6) is 0 Å². The van der Waals surface area contributed by atoms with E-state index in [1.54, 1.807) is 0 Å². The molecule has 0 aromatic heterocycles. The van der Waals surface area contributed by atoms with Crippen LogP contribution < -0.4 is 5.32 Å². The van der Waals surface area contributed by atoms with Gasteiger partial charge in [0.1, 0.15) is 0 Å². The van der Waals surface area contributed by atoms with Gasteiger partial charge in [0.25, 0.3) is 0 Å². The first-order chi connectivity index (χ1) is 8.85. The summed E-state index contributed by atoms with van der Waals surface area (Å²) >= 11 is 0. The van der Waals surface area contributed by atoms with Gasteiger partial charge in [-0.3, -0.25) is 4.79 Å². The van der Waals surface area contributed by atoms with Gasteiger partial charge in [0.2, 0.25) is 0 Å². The molecule has 0 radical (unpaired) electrons. The number of carbonyl (C=O) groups is 2. The van der Waals surface area contributed by atoms with Gasteiger partial charge >= 0.3 is 12.0 Å². The predicted molar refractivity (Wildman–Crippen MR) is 64.7 cm³/mol. The fraction of sp³-hybridized carbons (Fsp3) is 0.818. The fourth-order valence-electron chi connectivity index (χ4n) is 1.83. The maximum absolute atomic E-state index is 11.9. The molecule has 1 saturated heterocycles. The Balaban J connectivity index is 2.47. The van der Waals surface area contributed by atoms with Gasteiger partial charge in [-0.15, -0.1) is 0 Å². The van der Waals surface area contributed by atoms with E-state index in [0.717, 1.165) is 0 Å². The van der Waals surface area contributed by atoms with Crippen LogP contribution in [0.4, 0.5) is 4.79 Å². The van der Waals surface area contributed by atoms with Gasteiger partial charge in [-0.05, 0) is 6.92 Å². The highest BCUT2D eigenvalue weighted by molar-refractivity contribution is 5.75. The Labute approximate surface area is 111 Å². The van der Waals surface area contributed by atoms with Crippen molar-refractivity contribution in [3.63, 3.8) is 0 Å².